The molecule has 7 nitrogen and oxygen atoms in total. The number of alkyl halides is 3. The molecular formula is C23H21ClF3N3O4S2. The Balaban J connectivity index is 1.43. The number of sulfone groups is 1. The van der Waals surface area contributed by atoms with Crippen molar-refractivity contribution >= 4 is 38.7 Å². The van der Waals surface area contributed by atoms with Crippen molar-refractivity contribution in [3.63, 3.8) is 0 Å². The first kappa shape index (κ1) is 26.4. The molecule has 1 saturated carbocycles. The minimum atomic E-state index is -4.78. The summed E-state index contributed by atoms with van der Waals surface area (Å²) in [4.78, 5) is 17.1. The van der Waals surface area contributed by atoms with Gasteiger partial charge in [0.05, 0.1) is 22.3 Å². The van der Waals surface area contributed by atoms with Crippen LogP contribution < -0.4 is 10.2 Å². The zero-order chi connectivity index (χ0) is 25.9. The van der Waals surface area contributed by atoms with Gasteiger partial charge in [0.25, 0.3) is 0 Å². The number of pyridine rings is 1. The largest absolute Gasteiger partial charge is 0.573 e. The van der Waals surface area contributed by atoms with Gasteiger partial charge in [0, 0.05) is 24.2 Å². The van der Waals surface area contributed by atoms with Gasteiger partial charge in [-0.3, -0.25) is 14.8 Å². The first-order chi connectivity index (χ1) is 17.0. The molecule has 13 heteroatoms. The van der Waals surface area contributed by atoms with Crippen LogP contribution in [0.1, 0.15) is 18.4 Å². The van der Waals surface area contributed by atoms with Crippen molar-refractivity contribution in [2.45, 2.75) is 30.0 Å². The highest BCUT2D eigenvalue weighted by atomic mass is 35.5. The molecule has 0 radical (unpaired) electrons. The lowest BCUT2D eigenvalue weighted by Gasteiger charge is -2.24. The summed E-state index contributed by atoms with van der Waals surface area (Å²) >= 11 is 6.82. The zero-order valence-corrected chi connectivity index (χ0v) is 21.1. The van der Waals surface area contributed by atoms with E-state index in [4.69, 9.17) is 11.6 Å². The average Bonchev–Trinajstić information content (AvgIpc) is 3.57. The number of thiophene rings is 1. The summed E-state index contributed by atoms with van der Waals surface area (Å²) in [6.07, 6.45) is -1.69. The fourth-order valence-corrected chi connectivity index (χ4v) is 6.16. The monoisotopic (exact) mass is 559 g/mol. The van der Waals surface area contributed by atoms with Gasteiger partial charge in [-0.1, -0.05) is 11.6 Å². The number of nitrogens with zero attached hydrogens (tertiary/aromatic N) is 2. The van der Waals surface area contributed by atoms with E-state index < -0.39 is 16.2 Å². The van der Waals surface area contributed by atoms with Gasteiger partial charge in [-0.2, -0.15) is 0 Å². The van der Waals surface area contributed by atoms with Gasteiger partial charge in [-0.05, 0) is 66.9 Å². The summed E-state index contributed by atoms with van der Waals surface area (Å²) in [5.74, 6) is -0.787. The molecule has 1 aromatic carbocycles. The van der Waals surface area contributed by atoms with Gasteiger partial charge < -0.3 is 4.74 Å². The van der Waals surface area contributed by atoms with E-state index in [1.807, 2.05) is 0 Å². The fourth-order valence-electron chi connectivity index (χ4n) is 3.38. The molecule has 0 saturated heterocycles. The molecule has 2 aromatic heterocycles. The van der Waals surface area contributed by atoms with Crippen molar-refractivity contribution in [1.29, 1.82) is 0 Å². The van der Waals surface area contributed by atoms with Crippen LogP contribution in [0.4, 0.5) is 13.2 Å². The van der Waals surface area contributed by atoms with Crippen LogP contribution >= 0.6 is 22.9 Å². The third kappa shape index (κ3) is 7.19. The smallest absolute Gasteiger partial charge is 0.406 e. The maximum absolute atomic E-state index is 12.8. The van der Waals surface area contributed by atoms with E-state index in [1.54, 1.807) is 12.1 Å². The number of hydrogen-bond acceptors (Lipinski definition) is 7. The summed E-state index contributed by atoms with van der Waals surface area (Å²) in [6, 6.07) is 11.7. The number of carbonyl (C=O) groups excluding carboxylic acids is 1. The van der Waals surface area contributed by atoms with Crippen molar-refractivity contribution in [2.75, 3.05) is 12.3 Å². The summed E-state index contributed by atoms with van der Waals surface area (Å²) in [6.45, 7) is 0.180. The van der Waals surface area contributed by atoms with Crippen LogP contribution in [0.5, 0.6) is 5.75 Å². The molecule has 0 spiro atoms. The standard InChI is InChI=1S/C23H21ClF3N3O4S2/c24-20-7-8-21(35-20)36(32,33)12-11-29-30(22(31)17-1-2-17)14-15-9-10-28-19(13-15)16-3-5-18(6-4-16)34-23(25,26)27/h3-10,13,17,29H,1-2,11-12,14H2. The van der Waals surface area contributed by atoms with Crippen molar-refractivity contribution < 1.29 is 31.1 Å². The molecule has 1 aliphatic carbocycles. The Morgan fingerprint density at radius 2 is 1.89 bits per heavy atom. The Labute approximate surface area is 214 Å². The van der Waals surface area contributed by atoms with E-state index in [0.717, 1.165) is 24.2 Å². The molecular weight excluding hydrogens is 539 g/mol. The van der Waals surface area contributed by atoms with E-state index >= 15 is 0 Å². The van der Waals surface area contributed by atoms with Crippen LogP contribution in [-0.2, 0) is 21.2 Å². The Morgan fingerprint density at radius 1 is 1.17 bits per heavy atom. The second-order valence-electron chi connectivity index (χ2n) is 8.11. The van der Waals surface area contributed by atoms with Gasteiger partial charge in [0.15, 0.2) is 9.84 Å². The predicted molar refractivity (Wildman–Crippen MR) is 129 cm³/mol. The number of rotatable bonds is 10. The second-order valence-corrected chi connectivity index (χ2v) is 12.2. The predicted octanol–water partition coefficient (Wildman–Crippen LogP) is 5.08. The lowest BCUT2D eigenvalue weighted by Crippen LogP contribution is -2.45. The Morgan fingerprint density at radius 3 is 2.50 bits per heavy atom. The number of amides is 1. The number of hydrazine groups is 1. The number of benzene rings is 1. The van der Waals surface area contributed by atoms with Crippen molar-refractivity contribution in [3.05, 3.63) is 64.6 Å². The van der Waals surface area contributed by atoms with E-state index in [0.29, 0.717) is 21.2 Å². The zero-order valence-electron chi connectivity index (χ0n) is 18.7. The van der Waals surface area contributed by atoms with Crippen LogP contribution in [0.2, 0.25) is 4.34 Å². The number of ether oxygens (including phenoxy) is 1. The number of halogens is 4. The van der Waals surface area contributed by atoms with E-state index in [9.17, 15) is 26.4 Å². The molecule has 2 heterocycles. The van der Waals surface area contributed by atoms with Crippen LogP contribution in [0.25, 0.3) is 11.3 Å². The third-order valence-corrected chi connectivity index (χ3v) is 8.80. The highest BCUT2D eigenvalue weighted by Gasteiger charge is 2.34. The molecule has 1 fully saturated rings. The van der Waals surface area contributed by atoms with Gasteiger partial charge in [-0.25, -0.2) is 13.8 Å². The third-order valence-electron chi connectivity index (χ3n) is 5.27. The summed E-state index contributed by atoms with van der Waals surface area (Å²) in [5, 5.41) is 1.41. The van der Waals surface area contributed by atoms with E-state index in [-0.39, 0.29) is 40.6 Å². The lowest BCUT2D eigenvalue weighted by molar-refractivity contribution is -0.274. The van der Waals surface area contributed by atoms with E-state index in [1.165, 1.54) is 47.6 Å². The first-order valence-corrected chi connectivity index (χ1v) is 13.7. The van der Waals surface area contributed by atoms with Crippen LogP contribution in [0.3, 0.4) is 0 Å². The molecule has 1 aliphatic rings. The molecule has 0 aliphatic heterocycles. The van der Waals surface area contributed by atoms with Crippen LogP contribution in [-0.4, -0.2) is 43.0 Å². The van der Waals surface area contributed by atoms with Crippen molar-refractivity contribution in [1.82, 2.24) is 15.4 Å². The number of hydrogen-bond donors (Lipinski definition) is 1. The highest BCUT2D eigenvalue weighted by molar-refractivity contribution is 7.93. The maximum atomic E-state index is 12.8. The molecule has 192 valence electrons. The SMILES string of the molecule is O=C(C1CC1)N(Cc1ccnc(-c2ccc(OC(F)(F)F)cc2)c1)NCCS(=O)(=O)c1ccc(Cl)s1. The second kappa shape index (κ2) is 10.8. The lowest BCUT2D eigenvalue weighted by atomic mass is 10.1. The Kier molecular flexibility index (Phi) is 7.88. The molecule has 4 rings (SSSR count). The van der Waals surface area contributed by atoms with Crippen molar-refractivity contribution in [2.24, 2.45) is 5.92 Å². The molecule has 36 heavy (non-hydrogen) atoms. The van der Waals surface area contributed by atoms with Crippen LogP contribution in [0, 0.1) is 5.92 Å². The Hall–Kier alpha value is -2.67. The summed E-state index contributed by atoms with van der Waals surface area (Å²) in [7, 11) is -3.55. The van der Waals surface area contributed by atoms with Gasteiger partial charge in [0.2, 0.25) is 5.91 Å². The topological polar surface area (TPSA) is 88.6 Å². The summed E-state index contributed by atoms with van der Waals surface area (Å²) in [5.41, 5.74) is 4.73. The molecule has 0 unspecified atom stereocenters. The highest BCUT2D eigenvalue weighted by Crippen LogP contribution is 2.31. The first-order valence-electron chi connectivity index (χ1n) is 10.8. The normalized spacial score (nSPS) is 14.0. The molecule has 0 atom stereocenters. The number of aromatic nitrogens is 1. The van der Waals surface area contributed by atoms with Gasteiger partial charge >= 0.3 is 6.36 Å². The van der Waals surface area contributed by atoms with Gasteiger partial charge in [0.1, 0.15) is 9.96 Å². The average molecular weight is 560 g/mol. The number of carbonyl (C=O) groups is 1. The minimum Gasteiger partial charge on any atom is -0.406 e. The maximum Gasteiger partial charge on any atom is 0.573 e. The Bertz CT molecular complexity index is 1330. The van der Waals surface area contributed by atoms with E-state index in [2.05, 4.69) is 15.1 Å². The molecule has 3 aromatic rings. The van der Waals surface area contributed by atoms with Crippen molar-refractivity contribution in [3.8, 4) is 17.0 Å². The van der Waals surface area contributed by atoms with Crippen LogP contribution in [0.15, 0.2) is 58.9 Å². The molecule has 1 N–H and O–H groups in total. The molecule has 1 amide bonds. The minimum absolute atomic E-state index is 0.0227. The molecule has 0 bridgehead atoms. The summed E-state index contributed by atoms with van der Waals surface area (Å²) < 4.78 is 66.7. The number of nitrogens with one attached hydrogen (secondary N) is 1. The van der Waals surface area contributed by atoms with Gasteiger partial charge in [-0.15, -0.1) is 24.5 Å². The quantitative estimate of drug-likeness (QED) is 0.349. The fraction of sp³-hybridized carbons (Fsp3) is 0.304.